The maximum atomic E-state index is 12.3. The molecule has 8 nitrogen and oxygen atoms in total. The van der Waals surface area contributed by atoms with Crippen LogP contribution in [0.4, 0.5) is 0 Å². The SMILES string of the molecule is CC[C@@H](C)[C@H](NC(=O)CSc1nnc(-c2ccccc2OC)n1C)C(=O)OC. The van der Waals surface area contributed by atoms with E-state index < -0.39 is 12.0 Å². The number of benzene rings is 1. The van der Waals surface area contributed by atoms with E-state index in [9.17, 15) is 9.59 Å². The molecule has 28 heavy (non-hydrogen) atoms. The Hall–Kier alpha value is -2.55. The second-order valence-electron chi connectivity index (χ2n) is 6.31. The molecule has 0 aliphatic heterocycles. The number of thioether (sulfide) groups is 1. The quantitative estimate of drug-likeness (QED) is 0.504. The lowest BCUT2D eigenvalue weighted by Crippen LogP contribution is -2.46. The lowest BCUT2D eigenvalue weighted by molar-refractivity contribution is -0.146. The first-order valence-corrected chi connectivity index (χ1v) is 9.94. The van der Waals surface area contributed by atoms with Crippen molar-refractivity contribution >= 4 is 23.6 Å². The number of carbonyl (C=O) groups excluding carboxylic acids is 2. The summed E-state index contributed by atoms with van der Waals surface area (Å²) >= 11 is 1.25. The molecular weight excluding hydrogens is 380 g/mol. The molecular formula is C19H26N4O4S. The molecule has 0 unspecified atom stereocenters. The maximum absolute atomic E-state index is 12.3. The topological polar surface area (TPSA) is 95.3 Å². The molecule has 0 bridgehead atoms. The Morgan fingerprint density at radius 1 is 1.25 bits per heavy atom. The predicted octanol–water partition coefficient (Wildman–Crippen LogP) is 2.29. The highest BCUT2D eigenvalue weighted by atomic mass is 32.2. The zero-order valence-electron chi connectivity index (χ0n) is 16.8. The van der Waals surface area contributed by atoms with Crippen LogP contribution < -0.4 is 10.1 Å². The standard InChI is InChI=1S/C19H26N4O4S/c1-6-12(2)16(18(25)27-5)20-15(24)11-28-19-22-21-17(23(19)3)13-9-7-8-10-14(13)26-4/h7-10,12,16H,6,11H2,1-5H3,(H,20,24)/t12-,16+/m1/s1. The van der Waals surface area contributed by atoms with E-state index in [2.05, 4.69) is 15.5 Å². The fraction of sp³-hybridized carbons (Fsp3) is 0.474. The highest BCUT2D eigenvalue weighted by Crippen LogP contribution is 2.29. The van der Waals surface area contributed by atoms with Crippen LogP contribution in [0.25, 0.3) is 11.4 Å². The van der Waals surface area contributed by atoms with E-state index in [1.807, 2.05) is 49.7 Å². The Morgan fingerprint density at radius 3 is 2.61 bits per heavy atom. The molecule has 0 saturated heterocycles. The Morgan fingerprint density at radius 2 is 1.96 bits per heavy atom. The number of esters is 1. The number of carbonyl (C=O) groups is 2. The summed E-state index contributed by atoms with van der Waals surface area (Å²) in [6.45, 7) is 3.86. The third-order valence-corrected chi connectivity index (χ3v) is 5.52. The van der Waals surface area contributed by atoms with Crippen molar-refractivity contribution in [3.8, 4) is 17.1 Å². The molecule has 2 rings (SSSR count). The van der Waals surface area contributed by atoms with Crippen LogP contribution in [0.1, 0.15) is 20.3 Å². The van der Waals surface area contributed by atoms with E-state index in [0.29, 0.717) is 16.7 Å². The number of rotatable bonds is 9. The van der Waals surface area contributed by atoms with Gasteiger partial charge in [0.1, 0.15) is 11.8 Å². The fourth-order valence-corrected chi connectivity index (χ4v) is 3.37. The average Bonchev–Trinajstić information content (AvgIpc) is 3.09. The first-order valence-electron chi connectivity index (χ1n) is 8.95. The molecule has 0 saturated carbocycles. The molecule has 1 amide bonds. The van der Waals surface area contributed by atoms with Gasteiger partial charge in [-0.25, -0.2) is 4.79 Å². The molecule has 9 heteroatoms. The van der Waals surface area contributed by atoms with Gasteiger partial charge in [-0.15, -0.1) is 10.2 Å². The van der Waals surface area contributed by atoms with E-state index in [0.717, 1.165) is 12.0 Å². The van der Waals surface area contributed by atoms with Crippen LogP contribution in [0.2, 0.25) is 0 Å². The van der Waals surface area contributed by atoms with Crippen molar-refractivity contribution in [1.29, 1.82) is 0 Å². The molecule has 1 aromatic carbocycles. The number of hydrogen-bond acceptors (Lipinski definition) is 7. The lowest BCUT2D eigenvalue weighted by Gasteiger charge is -2.21. The van der Waals surface area contributed by atoms with Crippen molar-refractivity contribution in [1.82, 2.24) is 20.1 Å². The minimum atomic E-state index is -0.660. The summed E-state index contributed by atoms with van der Waals surface area (Å²) in [5.41, 5.74) is 0.818. The van der Waals surface area contributed by atoms with Gasteiger partial charge < -0.3 is 19.4 Å². The maximum Gasteiger partial charge on any atom is 0.328 e. The Labute approximate surface area is 169 Å². The highest BCUT2D eigenvalue weighted by molar-refractivity contribution is 7.99. The lowest BCUT2D eigenvalue weighted by atomic mass is 9.99. The van der Waals surface area contributed by atoms with E-state index in [1.165, 1.54) is 18.9 Å². The first kappa shape index (κ1) is 21.7. The summed E-state index contributed by atoms with van der Waals surface area (Å²) in [7, 11) is 4.75. The van der Waals surface area contributed by atoms with Crippen LogP contribution in [0.15, 0.2) is 29.4 Å². The van der Waals surface area contributed by atoms with Crippen molar-refractivity contribution in [3.05, 3.63) is 24.3 Å². The van der Waals surface area contributed by atoms with Crippen LogP contribution in [0, 0.1) is 5.92 Å². The minimum Gasteiger partial charge on any atom is -0.496 e. The largest absolute Gasteiger partial charge is 0.496 e. The Kier molecular flexibility index (Phi) is 7.86. The van der Waals surface area contributed by atoms with Gasteiger partial charge in [0.15, 0.2) is 11.0 Å². The monoisotopic (exact) mass is 406 g/mol. The molecule has 2 atom stereocenters. The summed E-state index contributed by atoms with van der Waals surface area (Å²) < 4.78 is 12.0. The predicted molar refractivity (Wildman–Crippen MR) is 107 cm³/mol. The number of para-hydroxylation sites is 1. The molecule has 0 radical (unpaired) electrons. The summed E-state index contributed by atoms with van der Waals surface area (Å²) in [4.78, 5) is 24.3. The molecule has 0 spiro atoms. The molecule has 1 N–H and O–H groups in total. The van der Waals surface area contributed by atoms with Crippen molar-refractivity contribution in [2.24, 2.45) is 13.0 Å². The highest BCUT2D eigenvalue weighted by Gasteiger charge is 2.26. The van der Waals surface area contributed by atoms with Crippen molar-refractivity contribution in [2.45, 2.75) is 31.5 Å². The smallest absolute Gasteiger partial charge is 0.328 e. The van der Waals surface area contributed by atoms with Gasteiger partial charge >= 0.3 is 5.97 Å². The van der Waals surface area contributed by atoms with Crippen LogP contribution >= 0.6 is 11.8 Å². The van der Waals surface area contributed by atoms with Gasteiger partial charge in [-0.2, -0.15) is 0 Å². The first-order chi connectivity index (χ1) is 13.4. The number of amides is 1. The number of aromatic nitrogens is 3. The van der Waals surface area contributed by atoms with Crippen LogP contribution in [-0.2, 0) is 21.4 Å². The van der Waals surface area contributed by atoms with Gasteiger partial charge in [0, 0.05) is 7.05 Å². The van der Waals surface area contributed by atoms with Gasteiger partial charge in [-0.05, 0) is 18.1 Å². The summed E-state index contributed by atoms with van der Waals surface area (Å²) in [5, 5.41) is 11.7. The zero-order valence-corrected chi connectivity index (χ0v) is 17.6. The van der Waals surface area contributed by atoms with Gasteiger partial charge in [-0.3, -0.25) is 4.79 Å². The number of hydrogen-bond donors (Lipinski definition) is 1. The fourth-order valence-electron chi connectivity index (χ4n) is 2.65. The molecule has 0 fully saturated rings. The number of methoxy groups -OCH3 is 2. The van der Waals surface area contributed by atoms with E-state index in [-0.39, 0.29) is 17.6 Å². The van der Waals surface area contributed by atoms with Crippen molar-refractivity contribution in [3.63, 3.8) is 0 Å². The van der Waals surface area contributed by atoms with Crippen molar-refractivity contribution < 1.29 is 19.1 Å². The third kappa shape index (κ3) is 5.03. The normalized spacial score (nSPS) is 12.9. The molecule has 0 aliphatic rings. The molecule has 0 aliphatic carbocycles. The van der Waals surface area contributed by atoms with Crippen LogP contribution in [0.3, 0.4) is 0 Å². The van der Waals surface area contributed by atoms with Gasteiger partial charge in [-0.1, -0.05) is 44.2 Å². The van der Waals surface area contributed by atoms with E-state index >= 15 is 0 Å². The Bertz CT molecular complexity index is 824. The minimum absolute atomic E-state index is 0.0200. The zero-order chi connectivity index (χ0) is 20.7. The molecule has 1 heterocycles. The second kappa shape index (κ2) is 10.1. The van der Waals surface area contributed by atoms with Crippen LogP contribution in [0.5, 0.6) is 5.75 Å². The Balaban J connectivity index is 2.06. The molecule has 2 aromatic rings. The van der Waals surface area contributed by atoms with E-state index in [4.69, 9.17) is 9.47 Å². The van der Waals surface area contributed by atoms with Gasteiger partial charge in [0.2, 0.25) is 5.91 Å². The molecule has 152 valence electrons. The van der Waals surface area contributed by atoms with E-state index in [1.54, 1.807) is 7.11 Å². The third-order valence-electron chi connectivity index (χ3n) is 4.50. The van der Waals surface area contributed by atoms with Crippen molar-refractivity contribution in [2.75, 3.05) is 20.0 Å². The molecule has 1 aromatic heterocycles. The number of nitrogens with zero attached hydrogens (tertiary/aromatic N) is 3. The average molecular weight is 407 g/mol. The van der Waals surface area contributed by atoms with Gasteiger partial charge in [0.25, 0.3) is 0 Å². The summed E-state index contributed by atoms with van der Waals surface area (Å²) in [5.74, 6) is 0.733. The summed E-state index contributed by atoms with van der Waals surface area (Å²) in [6.07, 6.45) is 0.749. The second-order valence-corrected chi connectivity index (χ2v) is 7.25. The summed E-state index contributed by atoms with van der Waals surface area (Å²) in [6, 6.07) is 6.87. The number of ether oxygens (including phenoxy) is 2. The van der Waals surface area contributed by atoms with Crippen LogP contribution in [-0.4, -0.2) is 52.7 Å². The van der Waals surface area contributed by atoms with Gasteiger partial charge in [0.05, 0.1) is 25.5 Å². The number of nitrogens with one attached hydrogen (secondary N) is 1.